The quantitative estimate of drug-likeness (QED) is 0.800. The lowest BCUT2D eigenvalue weighted by molar-refractivity contribution is 0.0722. The number of hydrogen-bond donors (Lipinski definition) is 0. The molecule has 1 amide bonds. The van der Waals surface area contributed by atoms with Crippen molar-refractivity contribution in [2.45, 2.75) is 18.9 Å². The van der Waals surface area contributed by atoms with Crippen LogP contribution in [0.3, 0.4) is 0 Å². The summed E-state index contributed by atoms with van der Waals surface area (Å²) in [4.78, 5) is 13.8. The number of hydrogen-bond acceptors (Lipinski definition) is 2. The third-order valence-corrected chi connectivity index (χ3v) is 2.92. The van der Waals surface area contributed by atoms with E-state index in [0.29, 0.717) is 18.3 Å². The van der Waals surface area contributed by atoms with Gasteiger partial charge >= 0.3 is 0 Å². The minimum absolute atomic E-state index is 0.0659. The highest BCUT2D eigenvalue weighted by Gasteiger charge is 2.33. The van der Waals surface area contributed by atoms with Gasteiger partial charge in [0.15, 0.2) is 11.0 Å². The van der Waals surface area contributed by atoms with Crippen LogP contribution < -0.4 is 0 Å². The Morgan fingerprint density at radius 1 is 1.60 bits per heavy atom. The van der Waals surface area contributed by atoms with Gasteiger partial charge in [-0.15, -0.1) is 0 Å². The van der Waals surface area contributed by atoms with Crippen LogP contribution in [0.5, 0.6) is 0 Å². The van der Waals surface area contributed by atoms with Gasteiger partial charge in [0, 0.05) is 17.9 Å². The zero-order valence-electron chi connectivity index (χ0n) is 8.08. The molecular weight excluding hydrogens is 281 g/mol. The molecule has 0 radical (unpaired) electrons. The summed E-state index contributed by atoms with van der Waals surface area (Å²) < 4.78 is 5.11. The molecule has 1 aromatic heterocycles. The molecule has 0 N–H and O–H groups in total. The molecule has 15 heavy (non-hydrogen) atoms. The SMILES string of the molecule is O=C(c1ccc(Cl)o1)N(CCBr)C1CC1. The Balaban J connectivity index is 2.10. The smallest absolute Gasteiger partial charge is 0.289 e. The van der Waals surface area contributed by atoms with Crippen molar-refractivity contribution in [2.24, 2.45) is 0 Å². The molecule has 2 rings (SSSR count). The molecule has 1 fully saturated rings. The number of nitrogens with zero attached hydrogens (tertiary/aromatic N) is 1. The Labute approximate surface area is 102 Å². The monoisotopic (exact) mass is 291 g/mol. The van der Waals surface area contributed by atoms with Gasteiger partial charge in [0.25, 0.3) is 5.91 Å². The average Bonchev–Trinajstić information content (AvgIpc) is 2.96. The molecule has 1 aliphatic rings. The van der Waals surface area contributed by atoms with Crippen LogP contribution in [0.2, 0.25) is 5.22 Å². The van der Waals surface area contributed by atoms with Gasteiger partial charge in [-0.3, -0.25) is 4.79 Å². The van der Waals surface area contributed by atoms with Gasteiger partial charge in [0.2, 0.25) is 0 Å². The fourth-order valence-corrected chi connectivity index (χ4v) is 2.03. The zero-order valence-corrected chi connectivity index (χ0v) is 10.4. The Hall–Kier alpha value is -0.480. The van der Waals surface area contributed by atoms with Crippen molar-refractivity contribution in [3.8, 4) is 0 Å². The Morgan fingerprint density at radius 3 is 2.80 bits per heavy atom. The molecule has 1 aromatic rings. The van der Waals surface area contributed by atoms with E-state index in [9.17, 15) is 4.79 Å². The zero-order chi connectivity index (χ0) is 10.8. The van der Waals surface area contributed by atoms with Crippen LogP contribution >= 0.6 is 27.5 Å². The van der Waals surface area contributed by atoms with Crippen molar-refractivity contribution in [3.63, 3.8) is 0 Å². The summed E-state index contributed by atoms with van der Waals surface area (Å²) in [5, 5.41) is 1.04. The molecular formula is C10H11BrClNO2. The summed E-state index contributed by atoms with van der Waals surface area (Å²) in [6.45, 7) is 0.710. The molecule has 1 saturated carbocycles. The molecule has 1 aliphatic carbocycles. The van der Waals surface area contributed by atoms with E-state index in [0.717, 1.165) is 18.2 Å². The van der Waals surface area contributed by atoms with Crippen molar-refractivity contribution in [2.75, 3.05) is 11.9 Å². The molecule has 3 nitrogen and oxygen atoms in total. The first-order valence-electron chi connectivity index (χ1n) is 4.84. The van der Waals surface area contributed by atoms with Crippen molar-refractivity contribution in [1.29, 1.82) is 0 Å². The molecule has 0 bridgehead atoms. The lowest BCUT2D eigenvalue weighted by atomic mass is 10.3. The van der Waals surface area contributed by atoms with Crippen LogP contribution in [-0.4, -0.2) is 28.7 Å². The van der Waals surface area contributed by atoms with E-state index in [1.165, 1.54) is 0 Å². The summed E-state index contributed by atoms with van der Waals surface area (Å²) in [7, 11) is 0. The molecule has 1 heterocycles. The molecule has 0 spiro atoms. The van der Waals surface area contributed by atoms with E-state index in [1.54, 1.807) is 12.1 Å². The van der Waals surface area contributed by atoms with E-state index in [4.69, 9.17) is 16.0 Å². The van der Waals surface area contributed by atoms with Crippen molar-refractivity contribution < 1.29 is 9.21 Å². The first-order valence-corrected chi connectivity index (χ1v) is 6.34. The van der Waals surface area contributed by atoms with Crippen LogP contribution in [0.4, 0.5) is 0 Å². The van der Waals surface area contributed by atoms with Gasteiger partial charge in [0.1, 0.15) is 0 Å². The number of carbonyl (C=O) groups is 1. The second-order valence-corrected chi connectivity index (χ2v) is 4.69. The minimum Gasteiger partial charge on any atom is -0.440 e. The molecule has 5 heteroatoms. The largest absolute Gasteiger partial charge is 0.440 e. The summed E-state index contributed by atoms with van der Waals surface area (Å²) in [6.07, 6.45) is 2.18. The highest BCUT2D eigenvalue weighted by atomic mass is 79.9. The molecule has 0 aromatic carbocycles. The average molecular weight is 293 g/mol. The second-order valence-electron chi connectivity index (χ2n) is 3.52. The summed E-state index contributed by atoms with van der Waals surface area (Å²) in [5.74, 6) is 0.261. The van der Waals surface area contributed by atoms with Gasteiger partial charge in [-0.05, 0) is 36.6 Å². The number of amides is 1. The number of alkyl halides is 1. The highest BCUT2D eigenvalue weighted by Crippen LogP contribution is 2.28. The topological polar surface area (TPSA) is 33.5 Å². The van der Waals surface area contributed by atoms with E-state index in [2.05, 4.69) is 15.9 Å². The predicted octanol–water partition coefficient (Wildman–Crippen LogP) is 2.93. The highest BCUT2D eigenvalue weighted by molar-refractivity contribution is 9.09. The number of rotatable bonds is 4. The second kappa shape index (κ2) is 4.58. The van der Waals surface area contributed by atoms with Crippen LogP contribution in [0.15, 0.2) is 16.5 Å². The van der Waals surface area contributed by atoms with Crippen molar-refractivity contribution in [1.82, 2.24) is 4.90 Å². The van der Waals surface area contributed by atoms with Crippen LogP contribution in [0.25, 0.3) is 0 Å². The van der Waals surface area contributed by atoms with Gasteiger partial charge < -0.3 is 9.32 Å². The predicted molar refractivity (Wildman–Crippen MR) is 61.6 cm³/mol. The fourth-order valence-electron chi connectivity index (χ4n) is 1.50. The Morgan fingerprint density at radius 2 is 2.33 bits per heavy atom. The van der Waals surface area contributed by atoms with E-state index >= 15 is 0 Å². The van der Waals surface area contributed by atoms with E-state index in [-0.39, 0.29) is 11.1 Å². The molecule has 0 unspecified atom stereocenters. The summed E-state index contributed by atoms with van der Waals surface area (Å²) in [5.41, 5.74) is 0. The van der Waals surface area contributed by atoms with E-state index < -0.39 is 0 Å². The maximum atomic E-state index is 12.0. The minimum atomic E-state index is -0.0659. The van der Waals surface area contributed by atoms with Gasteiger partial charge in [0.05, 0.1) is 0 Å². The Kier molecular flexibility index (Phi) is 3.36. The lowest BCUT2D eigenvalue weighted by Gasteiger charge is -2.19. The van der Waals surface area contributed by atoms with E-state index in [1.807, 2.05) is 4.90 Å². The third kappa shape index (κ3) is 2.55. The summed E-state index contributed by atoms with van der Waals surface area (Å²) in [6, 6.07) is 3.60. The van der Waals surface area contributed by atoms with Crippen LogP contribution in [0, 0.1) is 0 Å². The molecule has 82 valence electrons. The van der Waals surface area contributed by atoms with Crippen molar-refractivity contribution in [3.05, 3.63) is 23.1 Å². The maximum Gasteiger partial charge on any atom is 0.289 e. The third-order valence-electron chi connectivity index (χ3n) is 2.36. The Bertz CT molecular complexity index is 362. The molecule has 0 aliphatic heterocycles. The fraction of sp³-hybridized carbons (Fsp3) is 0.500. The number of furan rings is 1. The molecule has 0 atom stereocenters. The van der Waals surface area contributed by atoms with Crippen molar-refractivity contribution >= 4 is 33.4 Å². The van der Waals surface area contributed by atoms with Gasteiger partial charge in [-0.25, -0.2) is 0 Å². The lowest BCUT2D eigenvalue weighted by Crippen LogP contribution is -2.34. The number of halogens is 2. The molecule has 0 saturated heterocycles. The first kappa shape index (κ1) is 11.0. The van der Waals surface area contributed by atoms with Gasteiger partial charge in [-0.1, -0.05) is 15.9 Å². The number of carbonyl (C=O) groups excluding carboxylic acids is 1. The standard InChI is InChI=1S/C10H11BrClNO2/c11-5-6-13(7-1-2-7)10(14)8-3-4-9(12)15-8/h3-4,7H,1-2,5-6H2. The normalized spacial score (nSPS) is 15.3. The maximum absolute atomic E-state index is 12.0. The first-order chi connectivity index (χ1) is 7.22. The van der Waals surface area contributed by atoms with Crippen LogP contribution in [-0.2, 0) is 0 Å². The van der Waals surface area contributed by atoms with Gasteiger partial charge in [-0.2, -0.15) is 0 Å². The van der Waals surface area contributed by atoms with Crippen LogP contribution in [0.1, 0.15) is 23.4 Å². The summed E-state index contributed by atoms with van der Waals surface area (Å²) >= 11 is 8.98.